The Morgan fingerprint density at radius 3 is 2.15 bits per heavy atom. The average molecular weight is 455 g/mol. The number of hydrogen-bond acceptors (Lipinski definition) is 2. The van der Waals surface area contributed by atoms with Gasteiger partial charge in [0.1, 0.15) is 6.04 Å². The summed E-state index contributed by atoms with van der Waals surface area (Å²) in [6.45, 7) is 2.02. The van der Waals surface area contributed by atoms with Gasteiger partial charge in [-0.05, 0) is 47.9 Å². The summed E-state index contributed by atoms with van der Waals surface area (Å²) in [5, 5.41) is 7.73. The summed E-state index contributed by atoms with van der Waals surface area (Å²) in [5.41, 5.74) is 1.60. The van der Waals surface area contributed by atoms with Crippen LogP contribution in [-0.2, 0) is 23.8 Å². The van der Waals surface area contributed by atoms with Gasteiger partial charge in [0, 0.05) is 17.8 Å². The van der Waals surface area contributed by atoms with Gasteiger partial charge in [-0.15, -0.1) is 0 Å². The highest BCUT2D eigenvalue weighted by Gasteiger charge is 2.30. The Labute approximate surface area is 190 Å². The lowest BCUT2D eigenvalue weighted by atomic mass is 10.1. The minimum atomic E-state index is -4.53. The maximum atomic E-state index is 12.9. The van der Waals surface area contributed by atoms with Crippen LogP contribution in [0.4, 0.5) is 29.3 Å². The van der Waals surface area contributed by atoms with Gasteiger partial charge in [-0.25, -0.2) is 4.79 Å². The molecule has 0 aliphatic carbocycles. The molecule has 0 saturated heterocycles. The molecule has 0 saturated carbocycles. The lowest BCUT2D eigenvalue weighted by Gasteiger charge is -2.19. The Kier molecular flexibility index (Phi) is 7.71. The van der Waals surface area contributed by atoms with Crippen LogP contribution in [0.3, 0.4) is 0 Å². The molecule has 0 heterocycles. The second-order valence-electron chi connectivity index (χ2n) is 7.46. The van der Waals surface area contributed by atoms with Gasteiger partial charge in [0.05, 0.1) is 5.56 Å². The molecule has 0 bridgehead atoms. The highest BCUT2D eigenvalue weighted by Crippen LogP contribution is 2.30. The predicted octanol–water partition coefficient (Wildman–Crippen LogP) is 5.64. The molecular formula is C25H24F3N3O2. The van der Waals surface area contributed by atoms with E-state index in [1.807, 2.05) is 49.4 Å². The lowest BCUT2D eigenvalue weighted by Crippen LogP contribution is -2.46. The fourth-order valence-electron chi connectivity index (χ4n) is 3.21. The summed E-state index contributed by atoms with van der Waals surface area (Å²) in [7, 11) is 0. The van der Waals surface area contributed by atoms with E-state index in [1.54, 1.807) is 12.1 Å². The third kappa shape index (κ3) is 7.10. The van der Waals surface area contributed by atoms with Gasteiger partial charge in [-0.1, -0.05) is 55.5 Å². The first-order valence-electron chi connectivity index (χ1n) is 10.4. The second-order valence-corrected chi connectivity index (χ2v) is 7.46. The fourth-order valence-corrected chi connectivity index (χ4v) is 3.21. The normalized spacial score (nSPS) is 12.0. The largest absolute Gasteiger partial charge is 0.416 e. The van der Waals surface area contributed by atoms with E-state index in [-0.39, 0.29) is 12.1 Å². The maximum Gasteiger partial charge on any atom is 0.416 e. The number of benzene rings is 3. The third-order valence-corrected chi connectivity index (χ3v) is 4.98. The zero-order chi connectivity index (χ0) is 23.8. The molecule has 8 heteroatoms. The monoisotopic (exact) mass is 455 g/mol. The maximum absolute atomic E-state index is 12.9. The zero-order valence-electron chi connectivity index (χ0n) is 17.9. The molecule has 3 rings (SSSR count). The number of alkyl halides is 3. The molecule has 3 amide bonds. The molecule has 0 aliphatic heterocycles. The van der Waals surface area contributed by atoms with E-state index in [9.17, 15) is 22.8 Å². The smallest absolute Gasteiger partial charge is 0.326 e. The van der Waals surface area contributed by atoms with Gasteiger partial charge in [0.15, 0.2) is 0 Å². The highest BCUT2D eigenvalue weighted by molar-refractivity contribution is 5.99. The first-order chi connectivity index (χ1) is 15.7. The van der Waals surface area contributed by atoms with E-state index in [2.05, 4.69) is 16.0 Å². The second kappa shape index (κ2) is 10.7. The molecule has 1 unspecified atom stereocenters. The minimum absolute atomic E-state index is 0.0312. The van der Waals surface area contributed by atoms with Gasteiger partial charge in [-0.3, -0.25) is 4.79 Å². The summed E-state index contributed by atoms with van der Waals surface area (Å²) in [6.07, 6.45) is -3.46. The number of rotatable bonds is 7. The molecule has 0 spiro atoms. The fraction of sp³-hybridized carbons (Fsp3) is 0.200. The van der Waals surface area contributed by atoms with Crippen molar-refractivity contribution in [1.29, 1.82) is 0 Å². The number of halogens is 3. The summed E-state index contributed by atoms with van der Waals surface area (Å²) < 4.78 is 38.8. The van der Waals surface area contributed by atoms with Gasteiger partial charge in [-0.2, -0.15) is 13.2 Å². The van der Waals surface area contributed by atoms with Crippen molar-refractivity contribution in [2.24, 2.45) is 0 Å². The SMILES string of the molecule is CCc1ccc(NC(=O)C(Cc2ccccc2)NC(=O)Nc2cccc(C(F)(F)F)c2)cc1. The van der Waals surface area contributed by atoms with Crippen LogP contribution in [0.5, 0.6) is 0 Å². The van der Waals surface area contributed by atoms with Gasteiger partial charge < -0.3 is 16.0 Å². The molecule has 3 N–H and O–H groups in total. The molecular weight excluding hydrogens is 431 g/mol. The molecule has 3 aromatic carbocycles. The molecule has 1 atom stereocenters. The minimum Gasteiger partial charge on any atom is -0.326 e. The Morgan fingerprint density at radius 1 is 0.818 bits per heavy atom. The summed E-state index contributed by atoms with van der Waals surface area (Å²) >= 11 is 0. The molecule has 172 valence electrons. The molecule has 33 heavy (non-hydrogen) atoms. The van der Waals surface area contributed by atoms with Crippen LogP contribution >= 0.6 is 0 Å². The van der Waals surface area contributed by atoms with Crippen LogP contribution in [0.2, 0.25) is 0 Å². The van der Waals surface area contributed by atoms with Crippen molar-refractivity contribution in [1.82, 2.24) is 5.32 Å². The summed E-state index contributed by atoms with van der Waals surface area (Å²) in [6, 6.07) is 19.0. The summed E-state index contributed by atoms with van der Waals surface area (Å²) in [4.78, 5) is 25.5. The molecule has 0 aliphatic rings. The first-order valence-corrected chi connectivity index (χ1v) is 10.4. The van der Waals surface area contributed by atoms with Crippen LogP contribution in [0.1, 0.15) is 23.6 Å². The van der Waals surface area contributed by atoms with Crippen LogP contribution in [0.25, 0.3) is 0 Å². The molecule has 0 radical (unpaired) electrons. The average Bonchev–Trinajstić information content (AvgIpc) is 2.79. The Hall–Kier alpha value is -3.81. The van der Waals surface area contributed by atoms with Crippen molar-refractivity contribution in [2.45, 2.75) is 32.0 Å². The van der Waals surface area contributed by atoms with Crippen molar-refractivity contribution >= 4 is 23.3 Å². The van der Waals surface area contributed by atoms with E-state index >= 15 is 0 Å². The van der Waals surface area contributed by atoms with Crippen molar-refractivity contribution < 1.29 is 22.8 Å². The van der Waals surface area contributed by atoms with Gasteiger partial charge in [0.25, 0.3) is 0 Å². The number of anilines is 2. The molecule has 0 aromatic heterocycles. The number of carbonyl (C=O) groups excluding carboxylic acids is 2. The van der Waals surface area contributed by atoms with Crippen LogP contribution in [-0.4, -0.2) is 18.0 Å². The van der Waals surface area contributed by atoms with Crippen LogP contribution in [0, 0.1) is 0 Å². The summed E-state index contributed by atoms with van der Waals surface area (Å²) in [5.74, 6) is -0.442. The van der Waals surface area contributed by atoms with Crippen molar-refractivity contribution in [3.05, 3.63) is 95.6 Å². The van der Waals surface area contributed by atoms with Gasteiger partial charge >= 0.3 is 12.2 Å². The predicted molar refractivity (Wildman–Crippen MR) is 122 cm³/mol. The quantitative estimate of drug-likeness (QED) is 0.432. The van der Waals surface area contributed by atoms with E-state index in [4.69, 9.17) is 0 Å². The third-order valence-electron chi connectivity index (χ3n) is 4.98. The molecule has 5 nitrogen and oxygen atoms in total. The number of urea groups is 1. The standard InChI is InChI=1S/C25H24F3N3O2/c1-2-17-11-13-20(14-12-17)29-23(32)22(15-18-7-4-3-5-8-18)31-24(33)30-21-10-6-9-19(16-21)25(26,27)28/h3-14,16,22H,2,15H2,1H3,(H,29,32)(H2,30,31,33). The topological polar surface area (TPSA) is 70.2 Å². The Balaban J connectivity index is 1.73. The molecule has 0 fully saturated rings. The van der Waals surface area contributed by atoms with Gasteiger partial charge in [0.2, 0.25) is 5.91 Å². The van der Waals surface area contributed by atoms with Crippen molar-refractivity contribution in [3.8, 4) is 0 Å². The Morgan fingerprint density at radius 2 is 1.52 bits per heavy atom. The van der Waals surface area contributed by atoms with Crippen molar-refractivity contribution in [2.75, 3.05) is 10.6 Å². The van der Waals surface area contributed by atoms with Crippen LogP contribution < -0.4 is 16.0 Å². The van der Waals surface area contributed by atoms with E-state index in [1.165, 1.54) is 12.1 Å². The lowest BCUT2D eigenvalue weighted by molar-refractivity contribution is -0.137. The number of carbonyl (C=O) groups is 2. The first kappa shape index (κ1) is 23.8. The highest BCUT2D eigenvalue weighted by atomic mass is 19.4. The number of amides is 3. The van der Waals surface area contributed by atoms with Crippen molar-refractivity contribution in [3.63, 3.8) is 0 Å². The molecule has 3 aromatic rings. The van der Waals surface area contributed by atoms with E-state index < -0.39 is 29.7 Å². The number of aryl methyl sites for hydroxylation is 1. The number of hydrogen-bond donors (Lipinski definition) is 3. The zero-order valence-corrected chi connectivity index (χ0v) is 17.9. The number of nitrogens with one attached hydrogen (secondary N) is 3. The van der Waals surface area contributed by atoms with E-state index in [0.717, 1.165) is 29.7 Å². The van der Waals surface area contributed by atoms with E-state index in [0.29, 0.717) is 5.69 Å². The Bertz CT molecular complexity index is 1080. The van der Waals surface area contributed by atoms with Crippen LogP contribution in [0.15, 0.2) is 78.9 Å².